The monoisotopic (exact) mass is 281 g/mol. The van der Waals surface area contributed by atoms with Gasteiger partial charge < -0.3 is 9.84 Å². The predicted octanol–water partition coefficient (Wildman–Crippen LogP) is 3.40. The van der Waals surface area contributed by atoms with Crippen LogP contribution >= 0.6 is 11.3 Å². The molecule has 0 fully saturated rings. The fraction of sp³-hybridized carbons (Fsp3) is 0.357. The number of nitrogens with zero attached hydrogens (tertiary/aromatic N) is 1. The molecule has 0 aliphatic heterocycles. The van der Waals surface area contributed by atoms with Crippen molar-refractivity contribution in [2.24, 2.45) is 0 Å². The number of benzene rings is 1. The Morgan fingerprint density at radius 3 is 2.47 bits per heavy atom. The third-order valence-corrected chi connectivity index (χ3v) is 4.02. The largest absolute Gasteiger partial charge is 0.486 e. The summed E-state index contributed by atoms with van der Waals surface area (Å²) in [6.45, 7) is 5.65. The van der Waals surface area contributed by atoms with Gasteiger partial charge in [-0.25, -0.2) is 9.37 Å². The number of ether oxygens (including phenoxy) is 1. The first kappa shape index (κ1) is 14.0. The third-order valence-electron chi connectivity index (χ3n) is 2.57. The summed E-state index contributed by atoms with van der Waals surface area (Å²) in [6.07, 6.45) is 0. The van der Waals surface area contributed by atoms with Crippen LogP contribution in [0.1, 0.15) is 29.4 Å². The van der Waals surface area contributed by atoms with E-state index in [2.05, 4.69) is 4.98 Å². The van der Waals surface area contributed by atoms with E-state index in [9.17, 15) is 9.50 Å². The Hall–Kier alpha value is -1.46. The quantitative estimate of drug-likeness (QED) is 0.934. The zero-order valence-electron chi connectivity index (χ0n) is 11.1. The molecule has 0 saturated heterocycles. The van der Waals surface area contributed by atoms with E-state index < -0.39 is 5.60 Å². The average Bonchev–Trinajstić information content (AvgIpc) is 2.70. The van der Waals surface area contributed by atoms with Crippen LogP contribution in [-0.4, -0.2) is 10.1 Å². The molecular weight excluding hydrogens is 265 g/mol. The summed E-state index contributed by atoms with van der Waals surface area (Å²) in [7, 11) is 0. The van der Waals surface area contributed by atoms with Crippen molar-refractivity contribution in [2.45, 2.75) is 33.0 Å². The molecule has 1 heterocycles. The Balaban J connectivity index is 2.06. The summed E-state index contributed by atoms with van der Waals surface area (Å²) in [4.78, 5) is 5.21. The van der Waals surface area contributed by atoms with Crippen molar-refractivity contribution in [2.75, 3.05) is 0 Å². The lowest BCUT2D eigenvalue weighted by Gasteiger charge is -2.14. The van der Waals surface area contributed by atoms with Gasteiger partial charge in [-0.3, -0.25) is 0 Å². The van der Waals surface area contributed by atoms with E-state index in [1.165, 1.54) is 23.5 Å². The van der Waals surface area contributed by atoms with Crippen LogP contribution in [0.2, 0.25) is 0 Å². The number of aromatic nitrogens is 1. The second-order valence-corrected chi connectivity index (χ2v) is 5.91. The van der Waals surface area contributed by atoms with E-state index >= 15 is 0 Å². The molecule has 3 nitrogen and oxygen atoms in total. The van der Waals surface area contributed by atoms with Crippen molar-refractivity contribution in [1.82, 2.24) is 4.98 Å². The van der Waals surface area contributed by atoms with Crippen molar-refractivity contribution in [1.29, 1.82) is 0 Å². The lowest BCUT2D eigenvalue weighted by atomic mass is 10.1. The van der Waals surface area contributed by atoms with E-state index in [1.54, 1.807) is 26.0 Å². The molecule has 1 N–H and O–H groups in total. The Bertz CT molecular complexity index is 558. The van der Waals surface area contributed by atoms with E-state index in [1.807, 2.05) is 6.92 Å². The van der Waals surface area contributed by atoms with Crippen LogP contribution in [-0.2, 0) is 12.2 Å². The fourth-order valence-electron chi connectivity index (χ4n) is 1.76. The van der Waals surface area contributed by atoms with Gasteiger partial charge in [0.15, 0.2) is 0 Å². The highest BCUT2D eigenvalue weighted by Crippen LogP contribution is 2.29. The Kier molecular flexibility index (Phi) is 3.87. The minimum Gasteiger partial charge on any atom is -0.486 e. The number of aryl methyl sites for hydroxylation is 1. The molecule has 2 aromatic rings. The normalized spacial score (nSPS) is 11.6. The average molecular weight is 281 g/mol. The predicted molar refractivity (Wildman–Crippen MR) is 72.8 cm³/mol. The standard InChI is InChI=1S/C14H16FNO2S/c1-9-13(14(2,3)17)19-12(16-9)8-18-11-6-4-10(15)5-7-11/h4-7,17H,8H2,1-3H3. The van der Waals surface area contributed by atoms with Gasteiger partial charge in [0, 0.05) is 0 Å². The van der Waals surface area contributed by atoms with Gasteiger partial charge in [-0.05, 0) is 45.0 Å². The van der Waals surface area contributed by atoms with Gasteiger partial charge in [0.2, 0.25) is 0 Å². The van der Waals surface area contributed by atoms with Gasteiger partial charge in [0.25, 0.3) is 0 Å². The van der Waals surface area contributed by atoms with Crippen molar-refractivity contribution in [3.63, 3.8) is 0 Å². The maximum Gasteiger partial charge on any atom is 0.140 e. The first-order valence-corrected chi connectivity index (χ1v) is 6.75. The highest BCUT2D eigenvalue weighted by molar-refractivity contribution is 7.11. The molecule has 0 unspecified atom stereocenters. The van der Waals surface area contributed by atoms with E-state index in [0.29, 0.717) is 12.4 Å². The molecule has 0 radical (unpaired) electrons. The van der Waals surface area contributed by atoms with E-state index in [4.69, 9.17) is 4.74 Å². The van der Waals surface area contributed by atoms with E-state index in [-0.39, 0.29) is 5.82 Å². The Labute approximate surface area is 115 Å². The molecule has 0 atom stereocenters. The van der Waals surface area contributed by atoms with Gasteiger partial charge in [-0.15, -0.1) is 11.3 Å². The molecule has 1 aromatic heterocycles. The van der Waals surface area contributed by atoms with E-state index in [0.717, 1.165) is 15.6 Å². The second-order valence-electron chi connectivity index (χ2n) is 4.82. The van der Waals surface area contributed by atoms with Crippen molar-refractivity contribution in [3.05, 3.63) is 45.7 Å². The second kappa shape index (κ2) is 5.27. The minimum atomic E-state index is -0.893. The highest BCUT2D eigenvalue weighted by atomic mass is 32.1. The highest BCUT2D eigenvalue weighted by Gasteiger charge is 2.22. The topological polar surface area (TPSA) is 42.4 Å². The van der Waals surface area contributed by atoms with Crippen LogP contribution in [0.5, 0.6) is 5.75 Å². The lowest BCUT2D eigenvalue weighted by molar-refractivity contribution is 0.0817. The molecule has 19 heavy (non-hydrogen) atoms. The molecule has 0 aliphatic carbocycles. The molecule has 102 valence electrons. The van der Waals surface area contributed by atoms with Crippen LogP contribution in [0.3, 0.4) is 0 Å². The Morgan fingerprint density at radius 1 is 1.32 bits per heavy atom. The summed E-state index contributed by atoms with van der Waals surface area (Å²) in [5.74, 6) is 0.306. The van der Waals surface area contributed by atoms with Crippen LogP contribution in [0, 0.1) is 12.7 Å². The number of rotatable bonds is 4. The zero-order chi connectivity index (χ0) is 14.0. The molecular formula is C14H16FNO2S. The first-order valence-electron chi connectivity index (χ1n) is 5.94. The van der Waals surface area contributed by atoms with Gasteiger partial charge >= 0.3 is 0 Å². The molecule has 0 amide bonds. The summed E-state index contributed by atoms with van der Waals surface area (Å²) < 4.78 is 18.3. The van der Waals surface area contributed by atoms with Crippen LogP contribution in [0.15, 0.2) is 24.3 Å². The zero-order valence-corrected chi connectivity index (χ0v) is 11.9. The fourth-order valence-corrected chi connectivity index (χ4v) is 2.74. The minimum absolute atomic E-state index is 0.290. The smallest absolute Gasteiger partial charge is 0.140 e. The summed E-state index contributed by atoms with van der Waals surface area (Å²) in [6, 6.07) is 5.86. The number of hydrogen-bond acceptors (Lipinski definition) is 4. The van der Waals surface area contributed by atoms with Gasteiger partial charge in [-0.2, -0.15) is 0 Å². The van der Waals surface area contributed by atoms with Crippen molar-refractivity contribution < 1.29 is 14.2 Å². The van der Waals surface area contributed by atoms with Crippen molar-refractivity contribution in [3.8, 4) is 5.75 Å². The molecule has 0 bridgehead atoms. The molecule has 1 aromatic carbocycles. The Morgan fingerprint density at radius 2 is 1.95 bits per heavy atom. The lowest BCUT2D eigenvalue weighted by Crippen LogP contribution is -2.14. The van der Waals surface area contributed by atoms with Gasteiger partial charge in [-0.1, -0.05) is 0 Å². The number of thiazole rings is 1. The maximum atomic E-state index is 12.7. The van der Waals surface area contributed by atoms with Gasteiger partial charge in [0.1, 0.15) is 23.2 Å². The SMILES string of the molecule is Cc1nc(COc2ccc(F)cc2)sc1C(C)(C)O. The first-order chi connectivity index (χ1) is 8.86. The molecule has 0 aliphatic rings. The molecule has 2 rings (SSSR count). The number of aliphatic hydroxyl groups is 1. The maximum absolute atomic E-state index is 12.7. The number of hydrogen-bond donors (Lipinski definition) is 1. The summed E-state index contributed by atoms with van der Waals surface area (Å²) >= 11 is 1.43. The molecule has 5 heteroatoms. The summed E-state index contributed by atoms with van der Waals surface area (Å²) in [5, 5.41) is 10.8. The van der Waals surface area contributed by atoms with Crippen LogP contribution in [0.4, 0.5) is 4.39 Å². The third kappa shape index (κ3) is 3.52. The van der Waals surface area contributed by atoms with Crippen LogP contribution < -0.4 is 4.74 Å². The summed E-state index contributed by atoms with van der Waals surface area (Å²) in [5.41, 5.74) is -0.0780. The van der Waals surface area contributed by atoms with Crippen LogP contribution in [0.25, 0.3) is 0 Å². The van der Waals surface area contributed by atoms with Crippen molar-refractivity contribution >= 4 is 11.3 Å². The van der Waals surface area contributed by atoms with Gasteiger partial charge in [0.05, 0.1) is 16.2 Å². The molecule has 0 spiro atoms. The number of halogens is 1. The molecule has 0 saturated carbocycles.